The standard InChI is InChI=1S/C21H15BrFN3OS/c1-13-6-9-19(24-11-13)26-20(27)16-4-2-3-5-18(16)25-21(26)28-12-14-7-8-15(22)10-17(14)23/h2-11H,12H2,1H3. The molecule has 0 fully saturated rings. The maximum Gasteiger partial charge on any atom is 0.267 e. The highest BCUT2D eigenvalue weighted by Crippen LogP contribution is 2.26. The third-order valence-corrected chi connectivity index (χ3v) is 5.72. The van der Waals surface area contributed by atoms with Crippen LogP contribution in [0.1, 0.15) is 11.1 Å². The van der Waals surface area contributed by atoms with Crippen molar-refractivity contribution < 1.29 is 4.39 Å². The zero-order valence-corrected chi connectivity index (χ0v) is 17.3. The van der Waals surface area contributed by atoms with E-state index in [2.05, 4.69) is 25.9 Å². The van der Waals surface area contributed by atoms with Crippen LogP contribution in [0, 0.1) is 12.7 Å². The summed E-state index contributed by atoms with van der Waals surface area (Å²) >= 11 is 4.57. The molecule has 0 aliphatic rings. The van der Waals surface area contributed by atoms with Crippen molar-refractivity contribution in [3.8, 4) is 5.82 Å². The molecule has 0 amide bonds. The van der Waals surface area contributed by atoms with Gasteiger partial charge >= 0.3 is 0 Å². The van der Waals surface area contributed by atoms with Crippen molar-refractivity contribution in [2.45, 2.75) is 17.8 Å². The van der Waals surface area contributed by atoms with E-state index in [0.717, 1.165) is 5.56 Å². The molecule has 4 nitrogen and oxygen atoms in total. The summed E-state index contributed by atoms with van der Waals surface area (Å²) in [5.41, 5.74) is 1.95. The average Bonchev–Trinajstić information content (AvgIpc) is 2.68. The molecule has 0 aliphatic carbocycles. The lowest BCUT2D eigenvalue weighted by Crippen LogP contribution is -2.22. The third-order valence-electron chi connectivity index (χ3n) is 4.24. The number of pyridine rings is 1. The summed E-state index contributed by atoms with van der Waals surface area (Å²) in [4.78, 5) is 22.2. The van der Waals surface area contributed by atoms with E-state index < -0.39 is 0 Å². The quantitative estimate of drug-likeness (QED) is 0.310. The van der Waals surface area contributed by atoms with Crippen molar-refractivity contribution in [1.82, 2.24) is 14.5 Å². The van der Waals surface area contributed by atoms with Crippen LogP contribution < -0.4 is 5.56 Å². The second-order valence-electron chi connectivity index (χ2n) is 6.27. The van der Waals surface area contributed by atoms with Gasteiger partial charge < -0.3 is 0 Å². The number of hydrogen-bond acceptors (Lipinski definition) is 4. The Labute approximate surface area is 173 Å². The first-order valence-electron chi connectivity index (χ1n) is 8.54. The van der Waals surface area contributed by atoms with E-state index in [4.69, 9.17) is 0 Å². The molecule has 0 radical (unpaired) electrons. The third kappa shape index (κ3) is 3.72. The molecule has 0 saturated carbocycles. The lowest BCUT2D eigenvalue weighted by molar-refractivity contribution is 0.616. The summed E-state index contributed by atoms with van der Waals surface area (Å²) in [6.45, 7) is 1.93. The lowest BCUT2D eigenvalue weighted by atomic mass is 10.2. The smallest absolute Gasteiger partial charge is 0.267 e. The molecule has 0 saturated heterocycles. The summed E-state index contributed by atoms with van der Waals surface area (Å²) in [5, 5.41) is 0.992. The van der Waals surface area contributed by atoms with Crippen LogP contribution in [0.5, 0.6) is 0 Å². The molecule has 0 bridgehead atoms. The Morgan fingerprint density at radius 2 is 1.96 bits per heavy atom. The average molecular weight is 456 g/mol. The maximum absolute atomic E-state index is 14.2. The molecule has 4 aromatic rings. The van der Waals surface area contributed by atoms with E-state index in [1.165, 1.54) is 22.4 Å². The fraction of sp³-hybridized carbons (Fsp3) is 0.0952. The Hall–Kier alpha value is -2.51. The van der Waals surface area contributed by atoms with Crippen molar-refractivity contribution in [2.24, 2.45) is 0 Å². The highest BCUT2D eigenvalue weighted by atomic mass is 79.9. The molecule has 2 aromatic heterocycles. The van der Waals surface area contributed by atoms with Crippen LogP contribution in [0.15, 0.2) is 75.2 Å². The summed E-state index contributed by atoms with van der Waals surface area (Å²) in [6.07, 6.45) is 1.71. The predicted octanol–water partition coefficient (Wildman–Crippen LogP) is 5.28. The molecule has 4 rings (SSSR count). The molecule has 2 aromatic carbocycles. The summed E-state index contributed by atoms with van der Waals surface area (Å²) in [6, 6.07) is 15.8. The number of thioether (sulfide) groups is 1. The molecule has 0 unspecified atom stereocenters. The lowest BCUT2D eigenvalue weighted by Gasteiger charge is -2.13. The molecular weight excluding hydrogens is 441 g/mol. The maximum atomic E-state index is 14.2. The van der Waals surface area contributed by atoms with Crippen molar-refractivity contribution >= 4 is 38.6 Å². The zero-order chi connectivity index (χ0) is 19.7. The second kappa shape index (κ2) is 7.85. The molecule has 0 spiro atoms. The number of halogens is 2. The van der Waals surface area contributed by atoms with Crippen LogP contribution in [0.3, 0.4) is 0 Å². The van der Waals surface area contributed by atoms with E-state index in [9.17, 15) is 9.18 Å². The van der Waals surface area contributed by atoms with Gasteiger partial charge in [0.2, 0.25) is 0 Å². The molecule has 140 valence electrons. The second-order valence-corrected chi connectivity index (χ2v) is 8.13. The number of hydrogen-bond donors (Lipinski definition) is 0. The van der Waals surface area contributed by atoms with Gasteiger partial charge in [-0.2, -0.15) is 0 Å². The van der Waals surface area contributed by atoms with Gasteiger partial charge in [0.1, 0.15) is 11.6 Å². The van der Waals surface area contributed by atoms with Gasteiger partial charge in [0.05, 0.1) is 10.9 Å². The van der Waals surface area contributed by atoms with Gasteiger partial charge in [0.15, 0.2) is 5.16 Å². The zero-order valence-electron chi connectivity index (χ0n) is 14.9. The molecule has 0 atom stereocenters. The number of aromatic nitrogens is 3. The molecule has 7 heteroatoms. The Morgan fingerprint density at radius 1 is 1.14 bits per heavy atom. The highest BCUT2D eigenvalue weighted by molar-refractivity contribution is 9.10. The first-order chi connectivity index (χ1) is 13.5. The van der Waals surface area contributed by atoms with Crippen LogP contribution in [0.25, 0.3) is 16.7 Å². The predicted molar refractivity (Wildman–Crippen MR) is 114 cm³/mol. The van der Waals surface area contributed by atoms with Crippen LogP contribution in [-0.2, 0) is 5.75 Å². The topological polar surface area (TPSA) is 47.8 Å². The summed E-state index contributed by atoms with van der Waals surface area (Å²) in [5.74, 6) is 0.535. The van der Waals surface area contributed by atoms with Crippen molar-refractivity contribution in [2.75, 3.05) is 0 Å². The number of aryl methyl sites for hydroxylation is 1. The minimum absolute atomic E-state index is 0.194. The van der Waals surface area contributed by atoms with E-state index in [0.29, 0.717) is 37.7 Å². The van der Waals surface area contributed by atoms with Crippen molar-refractivity contribution in [3.05, 3.63) is 92.6 Å². The van der Waals surface area contributed by atoms with Crippen molar-refractivity contribution in [1.29, 1.82) is 0 Å². The van der Waals surface area contributed by atoms with Gasteiger partial charge in [-0.15, -0.1) is 0 Å². The van der Waals surface area contributed by atoms with Crippen molar-refractivity contribution in [3.63, 3.8) is 0 Å². The fourth-order valence-electron chi connectivity index (χ4n) is 2.78. The SMILES string of the molecule is Cc1ccc(-n2c(SCc3ccc(Br)cc3F)nc3ccccc3c2=O)nc1. The van der Waals surface area contributed by atoms with Gasteiger partial charge in [0, 0.05) is 16.4 Å². The van der Waals surface area contributed by atoms with E-state index >= 15 is 0 Å². The van der Waals surface area contributed by atoms with E-state index in [-0.39, 0.29) is 11.4 Å². The summed E-state index contributed by atoms with van der Waals surface area (Å²) < 4.78 is 16.4. The normalized spacial score (nSPS) is 11.1. The van der Waals surface area contributed by atoms with Crippen LogP contribution >= 0.6 is 27.7 Å². The monoisotopic (exact) mass is 455 g/mol. The number of para-hydroxylation sites is 1. The minimum Gasteiger partial charge on any atom is -0.268 e. The first-order valence-corrected chi connectivity index (χ1v) is 10.3. The minimum atomic E-state index is -0.301. The Bertz CT molecular complexity index is 1220. The molecular formula is C21H15BrFN3OS. The largest absolute Gasteiger partial charge is 0.268 e. The fourth-order valence-corrected chi connectivity index (χ4v) is 4.10. The number of fused-ring (bicyclic) bond motifs is 1. The van der Waals surface area contributed by atoms with E-state index in [1.807, 2.05) is 25.1 Å². The van der Waals surface area contributed by atoms with Crippen LogP contribution in [0.4, 0.5) is 4.39 Å². The first kappa shape index (κ1) is 18.8. The Morgan fingerprint density at radius 3 is 2.71 bits per heavy atom. The van der Waals surface area contributed by atoms with Gasteiger partial charge in [0.25, 0.3) is 5.56 Å². The summed E-state index contributed by atoms with van der Waals surface area (Å²) in [7, 11) is 0. The number of rotatable bonds is 4. The van der Waals surface area contributed by atoms with Gasteiger partial charge in [-0.1, -0.05) is 52.0 Å². The molecule has 28 heavy (non-hydrogen) atoms. The Kier molecular flexibility index (Phi) is 5.28. The number of benzene rings is 2. The Balaban J connectivity index is 1.82. The van der Waals surface area contributed by atoms with Crippen LogP contribution in [-0.4, -0.2) is 14.5 Å². The van der Waals surface area contributed by atoms with Gasteiger partial charge in [-0.3, -0.25) is 4.79 Å². The molecule has 0 N–H and O–H groups in total. The molecule has 0 aliphatic heterocycles. The van der Waals surface area contributed by atoms with E-state index in [1.54, 1.807) is 36.5 Å². The number of nitrogens with zero attached hydrogens (tertiary/aromatic N) is 3. The molecule has 2 heterocycles. The highest BCUT2D eigenvalue weighted by Gasteiger charge is 2.15. The van der Waals surface area contributed by atoms with Gasteiger partial charge in [-0.05, 0) is 48.4 Å². The van der Waals surface area contributed by atoms with Crippen LogP contribution in [0.2, 0.25) is 0 Å². The van der Waals surface area contributed by atoms with Gasteiger partial charge in [-0.25, -0.2) is 18.9 Å².